The zero-order chi connectivity index (χ0) is 13.1. The highest BCUT2D eigenvalue weighted by atomic mass is 32.1. The van der Waals surface area contributed by atoms with Crippen LogP contribution in [0.1, 0.15) is 10.6 Å². The number of aryl methyl sites for hydroxylation is 1. The van der Waals surface area contributed by atoms with Crippen LogP contribution in [0.15, 0.2) is 23.8 Å². The lowest BCUT2D eigenvalue weighted by atomic mass is 10.0. The molecule has 19 heavy (non-hydrogen) atoms. The highest BCUT2D eigenvalue weighted by Gasteiger charge is 2.27. The van der Waals surface area contributed by atoms with Gasteiger partial charge in [0.25, 0.3) is 0 Å². The molecule has 0 radical (unpaired) electrons. The molecule has 0 aliphatic carbocycles. The van der Waals surface area contributed by atoms with E-state index in [1.54, 1.807) is 11.3 Å². The molecule has 0 atom stereocenters. The van der Waals surface area contributed by atoms with E-state index in [9.17, 15) is 0 Å². The van der Waals surface area contributed by atoms with Crippen LogP contribution in [0.4, 0.5) is 5.82 Å². The van der Waals surface area contributed by atoms with Crippen LogP contribution in [-0.4, -0.2) is 34.8 Å². The SMILES string of the molecule is Cc1ccc(N2CC(CNCc3cncs3)C2)nn1. The number of nitrogens with zero attached hydrogens (tertiary/aromatic N) is 4. The smallest absolute Gasteiger partial charge is 0.151 e. The minimum atomic E-state index is 0.705. The third-order valence-corrected chi connectivity index (χ3v) is 4.06. The van der Waals surface area contributed by atoms with Gasteiger partial charge in [0.05, 0.1) is 11.2 Å². The molecule has 3 heterocycles. The molecule has 1 fully saturated rings. The third-order valence-electron chi connectivity index (χ3n) is 3.28. The van der Waals surface area contributed by atoms with E-state index in [-0.39, 0.29) is 0 Å². The lowest BCUT2D eigenvalue weighted by Crippen LogP contribution is -2.51. The van der Waals surface area contributed by atoms with Crippen molar-refractivity contribution in [2.24, 2.45) is 5.92 Å². The fourth-order valence-corrected chi connectivity index (χ4v) is 2.74. The summed E-state index contributed by atoms with van der Waals surface area (Å²) in [6.45, 7) is 6.05. The van der Waals surface area contributed by atoms with Crippen LogP contribution in [0.5, 0.6) is 0 Å². The number of rotatable bonds is 5. The van der Waals surface area contributed by atoms with Crippen LogP contribution in [0.3, 0.4) is 0 Å². The van der Waals surface area contributed by atoms with Gasteiger partial charge >= 0.3 is 0 Å². The van der Waals surface area contributed by atoms with Gasteiger partial charge in [0.2, 0.25) is 0 Å². The van der Waals surface area contributed by atoms with Crippen molar-refractivity contribution >= 4 is 17.2 Å². The molecule has 2 aromatic heterocycles. The van der Waals surface area contributed by atoms with E-state index >= 15 is 0 Å². The van der Waals surface area contributed by atoms with E-state index in [0.29, 0.717) is 5.92 Å². The molecule has 3 rings (SSSR count). The Labute approximate surface area is 116 Å². The summed E-state index contributed by atoms with van der Waals surface area (Å²) in [6.07, 6.45) is 1.92. The summed E-state index contributed by atoms with van der Waals surface area (Å²) in [5, 5.41) is 11.8. The van der Waals surface area contributed by atoms with Crippen molar-refractivity contribution in [3.63, 3.8) is 0 Å². The lowest BCUT2D eigenvalue weighted by Gasteiger charge is -2.40. The van der Waals surface area contributed by atoms with Crippen LogP contribution in [-0.2, 0) is 6.54 Å². The van der Waals surface area contributed by atoms with Gasteiger partial charge in [0, 0.05) is 43.2 Å². The highest BCUT2D eigenvalue weighted by molar-refractivity contribution is 7.09. The van der Waals surface area contributed by atoms with E-state index < -0.39 is 0 Å². The van der Waals surface area contributed by atoms with Gasteiger partial charge in [0.15, 0.2) is 5.82 Å². The van der Waals surface area contributed by atoms with Crippen LogP contribution in [0, 0.1) is 12.8 Å². The van der Waals surface area contributed by atoms with Gasteiger partial charge in [-0.15, -0.1) is 16.4 Å². The lowest BCUT2D eigenvalue weighted by molar-refractivity contribution is 0.382. The van der Waals surface area contributed by atoms with E-state index in [4.69, 9.17) is 0 Å². The summed E-state index contributed by atoms with van der Waals surface area (Å²) in [6, 6.07) is 4.06. The molecule has 6 heteroatoms. The van der Waals surface area contributed by atoms with E-state index in [1.807, 2.05) is 30.8 Å². The molecule has 100 valence electrons. The maximum absolute atomic E-state index is 4.20. The first-order valence-corrected chi connectivity index (χ1v) is 7.32. The summed E-state index contributed by atoms with van der Waals surface area (Å²) in [4.78, 5) is 7.63. The summed E-state index contributed by atoms with van der Waals surface area (Å²) in [5.74, 6) is 1.69. The monoisotopic (exact) mass is 275 g/mol. The largest absolute Gasteiger partial charge is 0.354 e. The topological polar surface area (TPSA) is 53.9 Å². The van der Waals surface area contributed by atoms with Gasteiger partial charge in [-0.25, -0.2) is 0 Å². The van der Waals surface area contributed by atoms with Gasteiger partial charge in [-0.1, -0.05) is 0 Å². The Bertz CT molecular complexity index is 504. The summed E-state index contributed by atoms with van der Waals surface area (Å²) in [7, 11) is 0. The van der Waals surface area contributed by atoms with E-state index in [0.717, 1.165) is 37.7 Å². The second-order valence-corrected chi connectivity index (χ2v) is 5.87. The first-order valence-electron chi connectivity index (χ1n) is 6.44. The summed E-state index contributed by atoms with van der Waals surface area (Å²) < 4.78 is 0. The molecule has 0 saturated carbocycles. The first-order chi connectivity index (χ1) is 9.31. The summed E-state index contributed by atoms with van der Waals surface area (Å²) in [5.41, 5.74) is 2.84. The van der Waals surface area contributed by atoms with Gasteiger partial charge in [-0.3, -0.25) is 4.98 Å². The second-order valence-electron chi connectivity index (χ2n) is 4.90. The molecule has 0 spiro atoms. The third kappa shape index (κ3) is 3.08. The standard InChI is InChI=1S/C13H17N5S/c1-10-2-3-13(17-16-10)18-7-11(8-18)4-14-5-12-6-15-9-19-12/h2-3,6,9,11,14H,4-5,7-8H2,1H3. The Kier molecular flexibility index (Phi) is 3.70. The molecule has 0 unspecified atom stereocenters. The molecule has 1 saturated heterocycles. The molecule has 5 nitrogen and oxygen atoms in total. The Balaban J connectivity index is 1.39. The number of hydrogen-bond acceptors (Lipinski definition) is 6. The van der Waals surface area contributed by atoms with E-state index in [2.05, 4.69) is 25.4 Å². The average molecular weight is 275 g/mol. The predicted molar refractivity (Wildman–Crippen MR) is 76.3 cm³/mol. The van der Waals surface area contributed by atoms with Crippen LogP contribution < -0.4 is 10.2 Å². The molecular weight excluding hydrogens is 258 g/mol. The van der Waals surface area contributed by atoms with Crippen molar-refractivity contribution in [1.29, 1.82) is 0 Å². The van der Waals surface area contributed by atoms with Crippen LogP contribution in [0.2, 0.25) is 0 Å². The van der Waals surface area contributed by atoms with Crippen LogP contribution >= 0.6 is 11.3 Å². The zero-order valence-electron chi connectivity index (χ0n) is 10.9. The van der Waals surface area contributed by atoms with Crippen molar-refractivity contribution < 1.29 is 0 Å². The maximum Gasteiger partial charge on any atom is 0.151 e. The quantitative estimate of drug-likeness (QED) is 0.895. The average Bonchev–Trinajstić information content (AvgIpc) is 2.87. The number of hydrogen-bond donors (Lipinski definition) is 1. The Morgan fingerprint density at radius 1 is 1.37 bits per heavy atom. The van der Waals surface area contributed by atoms with Gasteiger partial charge in [-0.05, 0) is 19.1 Å². The fourth-order valence-electron chi connectivity index (χ4n) is 2.18. The first kappa shape index (κ1) is 12.5. The van der Waals surface area contributed by atoms with Gasteiger partial charge < -0.3 is 10.2 Å². The Morgan fingerprint density at radius 3 is 2.95 bits per heavy atom. The fraction of sp³-hybridized carbons (Fsp3) is 0.462. The molecule has 1 N–H and O–H groups in total. The van der Waals surface area contributed by atoms with Crippen molar-refractivity contribution in [1.82, 2.24) is 20.5 Å². The van der Waals surface area contributed by atoms with E-state index in [1.165, 1.54) is 4.88 Å². The number of anilines is 1. The van der Waals surface area contributed by atoms with Crippen molar-refractivity contribution in [2.45, 2.75) is 13.5 Å². The van der Waals surface area contributed by atoms with Gasteiger partial charge in [0.1, 0.15) is 0 Å². The Morgan fingerprint density at radius 2 is 2.26 bits per heavy atom. The molecule has 2 aromatic rings. The normalized spacial score (nSPS) is 15.5. The summed E-state index contributed by atoms with van der Waals surface area (Å²) >= 11 is 1.70. The molecule has 1 aliphatic rings. The Hall–Kier alpha value is -1.53. The van der Waals surface area contributed by atoms with Crippen molar-refractivity contribution in [3.8, 4) is 0 Å². The molecule has 1 aliphatic heterocycles. The highest BCUT2D eigenvalue weighted by Crippen LogP contribution is 2.21. The maximum atomic E-state index is 4.20. The van der Waals surface area contributed by atoms with Crippen molar-refractivity contribution in [2.75, 3.05) is 24.5 Å². The van der Waals surface area contributed by atoms with Crippen molar-refractivity contribution in [3.05, 3.63) is 34.4 Å². The second kappa shape index (κ2) is 5.63. The van der Waals surface area contributed by atoms with Gasteiger partial charge in [-0.2, -0.15) is 5.10 Å². The number of aromatic nitrogens is 3. The minimum Gasteiger partial charge on any atom is -0.354 e. The molecule has 0 bridgehead atoms. The predicted octanol–water partition coefficient (Wildman–Crippen LogP) is 1.47. The molecular formula is C13H17N5S. The minimum absolute atomic E-state index is 0.705. The molecule has 0 amide bonds. The van der Waals surface area contributed by atoms with Crippen LogP contribution in [0.25, 0.3) is 0 Å². The zero-order valence-corrected chi connectivity index (χ0v) is 11.7. The number of nitrogens with one attached hydrogen (secondary N) is 1. The number of thiazole rings is 1. The molecule has 0 aromatic carbocycles.